The van der Waals surface area contributed by atoms with Gasteiger partial charge >= 0.3 is 0 Å². The van der Waals surface area contributed by atoms with E-state index in [1.165, 1.54) is 0 Å². The van der Waals surface area contributed by atoms with Crippen LogP contribution in [0, 0.1) is 5.92 Å². The zero-order valence-electron chi connectivity index (χ0n) is 16.4. The molecule has 29 heavy (non-hydrogen) atoms. The number of carbonyl (C=O) groups is 1. The number of allylic oxidation sites excluding steroid dienone is 2. The summed E-state index contributed by atoms with van der Waals surface area (Å²) in [5.74, 6) is 1.44. The number of hydrogen-bond donors (Lipinski definition) is 2. The molecular formula is C23H24N4O2. The molecule has 0 radical (unpaired) electrons. The van der Waals surface area contributed by atoms with E-state index in [4.69, 9.17) is 0 Å². The molecule has 4 atom stereocenters. The van der Waals surface area contributed by atoms with E-state index in [9.17, 15) is 9.90 Å². The Hall–Kier alpha value is -2.99. The molecule has 0 spiro atoms. The normalized spacial score (nSPS) is 26.9. The third-order valence-electron chi connectivity index (χ3n) is 6.22. The predicted molar refractivity (Wildman–Crippen MR) is 111 cm³/mol. The zero-order valence-corrected chi connectivity index (χ0v) is 16.4. The van der Waals surface area contributed by atoms with Gasteiger partial charge < -0.3 is 10.4 Å². The highest BCUT2D eigenvalue weighted by Crippen LogP contribution is 2.57. The monoisotopic (exact) mass is 388 g/mol. The molecule has 1 heterocycles. The quantitative estimate of drug-likeness (QED) is 0.624. The van der Waals surface area contributed by atoms with E-state index >= 15 is 0 Å². The van der Waals surface area contributed by atoms with Crippen LogP contribution in [0.1, 0.15) is 58.2 Å². The van der Waals surface area contributed by atoms with Crippen molar-refractivity contribution in [2.45, 2.75) is 44.2 Å². The van der Waals surface area contributed by atoms with Gasteiger partial charge in [0, 0.05) is 24.1 Å². The van der Waals surface area contributed by atoms with Crippen molar-refractivity contribution in [1.82, 2.24) is 15.1 Å². The van der Waals surface area contributed by atoms with E-state index < -0.39 is 12.1 Å². The van der Waals surface area contributed by atoms with Crippen LogP contribution in [0.25, 0.3) is 0 Å². The summed E-state index contributed by atoms with van der Waals surface area (Å²) in [5, 5.41) is 18.2. The molecule has 6 nitrogen and oxygen atoms in total. The van der Waals surface area contributed by atoms with Gasteiger partial charge in [-0.3, -0.25) is 4.79 Å². The van der Waals surface area contributed by atoms with Crippen molar-refractivity contribution >= 4 is 11.7 Å². The lowest BCUT2D eigenvalue weighted by atomic mass is 10.1. The molecule has 1 amide bonds. The molecule has 0 bridgehead atoms. The Morgan fingerprint density at radius 2 is 2.21 bits per heavy atom. The van der Waals surface area contributed by atoms with Crippen LogP contribution < -0.4 is 5.32 Å². The molecule has 0 aliphatic heterocycles. The molecule has 1 aromatic carbocycles. The molecule has 2 aromatic rings. The van der Waals surface area contributed by atoms with Crippen molar-refractivity contribution in [3.8, 4) is 0 Å². The molecule has 1 aromatic heterocycles. The number of aliphatic hydroxyl groups is 1. The maximum Gasteiger partial charge on any atom is 0.272 e. The topological polar surface area (TPSA) is 79.5 Å². The van der Waals surface area contributed by atoms with Crippen LogP contribution >= 0.6 is 0 Å². The Labute approximate surface area is 169 Å². The summed E-state index contributed by atoms with van der Waals surface area (Å²) < 4.78 is 1.79. The molecule has 1 fully saturated rings. The smallest absolute Gasteiger partial charge is 0.272 e. The van der Waals surface area contributed by atoms with Crippen LogP contribution in [-0.2, 0) is 12.8 Å². The minimum Gasteiger partial charge on any atom is -0.390 e. The Bertz CT molecular complexity index is 1060. The van der Waals surface area contributed by atoms with Crippen LogP contribution in [0.5, 0.6) is 0 Å². The molecule has 0 saturated heterocycles. The second-order valence-electron chi connectivity index (χ2n) is 8.03. The van der Waals surface area contributed by atoms with E-state index in [1.54, 1.807) is 17.0 Å². The van der Waals surface area contributed by atoms with Gasteiger partial charge in [-0.15, -0.1) is 0 Å². The van der Waals surface area contributed by atoms with Crippen molar-refractivity contribution < 1.29 is 9.90 Å². The van der Waals surface area contributed by atoms with Crippen LogP contribution in [0.4, 0.5) is 0 Å². The van der Waals surface area contributed by atoms with Gasteiger partial charge in [0.2, 0.25) is 0 Å². The van der Waals surface area contributed by atoms with Crippen LogP contribution in [-0.4, -0.2) is 32.7 Å². The van der Waals surface area contributed by atoms with E-state index in [0.29, 0.717) is 29.8 Å². The lowest BCUT2D eigenvalue weighted by Crippen LogP contribution is -2.34. The van der Waals surface area contributed by atoms with E-state index in [1.807, 2.05) is 37.3 Å². The fourth-order valence-corrected chi connectivity index (χ4v) is 4.78. The average molecular weight is 388 g/mol. The molecular weight excluding hydrogens is 364 g/mol. The summed E-state index contributed by atoms with van der Waals surface area (Å²) in [6, 6.07) is 7.44. The molecule has 6 heteroatoms. The number of benzene rings is 1. The number of carbonyl (C=O) groups excluding carboxylic acids is 1. The Morgan fingerprint density at radius 1 is 1.38 bits per heavy atom. The third-order valence-corrected chi connectivity index (χ3v) is 6.22. The van der Waals surface area contributed by atoms with Crippen molar-refractivity contribution in [3.05, 3.63) is 77.3 Å². The fourth-order valence-electron chi connectivity index (χ4n) is 4.78. The predicted octanol–water partition coefficient (Wildman–Crippen LogP) is 2.90. The molecule has 3 aliphatic rings. The minimum absolute atomic E-state index is 0.239. The number of nitrogens with zero attached hydrogens (tertiary/aromatic N) is 3. The lowest BCUT2D eigenvalue weighted by molar-refractivity contribution is 0.0852. The van der Waals surface area contributed by atoms with Gasteiger partial charge in [-0.25, -0.2) is 9.67 Å². The van der Waals surface area contributed by atoms with Gasteiger partial charge in [0.05, 0.1) is 17.8 Å². The number of nitrogens with one attached hydrogen (secondary N) is 1. The SMILES string of the molecule is C=C/C(=N\C=C/C)n1nc(C(=O)N[C@H]2c3ccccc3C[C@@H]2O)c2c1[C@H]1C[C@H]1C2. The number of aliphatic hydroxyl groups excluding tert-OH is 1. The van der Waals surface area contributed by atoms with Gasteiger partial charge in [0.25, 0.3) is 5.91 Å². The number of aromatic nitrogens is 2. The van der Waals surface area contributed by atoms with Crippen LogP contribution in [0.2, 0.25) is 0 Å². The second-order valence-corrected chi connectivity index (χ2v) is 8.03. The van der Waals surface area contributed by atoms with E-state index in [-0.39, 0.29) is 5.91 Å². The first-order chi connectivity index (χ1) is 14.1. The fraction of sp³-hybridized carbons (Fsp3) is 0.348. The van der Waals surface area contributed by atoms with Crippen LogP contribution in [0.15, 0.2) is 54.2 Å². The van der Waals surface area contributed by atoms with Gasteiger partial charge in [-0.1, -0.05) is 36.9 Å². The highest BCUT2D eigenvalue weighted by Gasteiger charge is 2.50. The molecule has 2 N–H and O–H groups in total. The van der Waals surface area contributed by atoms with Gasteiger partial charge in [0.1, 0.15) is 0 Å². The first-order valence-electron chi connectivity index (χ1n) is 10.1. The number of rotatable bonds is 4. The summed E-state index contributed by atoms with van der Waals surface area (Å²) in [7, 11) is 0. The highest BCUT2D eigenvalue weighted by molar-refractivity contribution is 5.99. The summed E-state index contributed by atoms with van der Waals surface area (Å²) in [6.07, 6.45) is 7.16. The minimum atomic E-state index is -0.625. The van der Waals surface area contributed by atoms with Crippen LogP contribution in [0.3, 0.4) is 0 Å². The van der Waals surface area contributed by atoms with Gasteiger partial charge in [-0.05, 0) is 42.9 Å². The largest absolute Gasteiger partial charge is 0.390 e. The number of amides is 1. The Morgan fingerprint density at radius 3 is 3.00 bits per heavy atom. The standard InChI is InChI=1S/C23H24N4O2/c1-3-9-24-19(4-2)27-22-16-10-14(16)11-17(22)21(26-27)23(29)25-20-15-8-6-5-7-13(15)12-18(20)28/h3-9,14,16,18,20,28H,2,10-12H2,1H3,(H,25,29)/b9-3-,24-19+/t14-,16-,18-,20-/m0/s1. The average Bonchev–Trinajstić information content (AvgIpc) is 3.07. The summed E-state index contributed by atoms with van der Waals surface area (Å²) >= 11 is 0. The van der Waals surface area contributed by atoms with E-state index in [2.05, 4.69) is 22.0 Å². The zero-order chi connectivity index (χ0) is 20.1. The summed E-state index contributed by atoms with van der Waals surface area (Å²) in [5.41, 5.74) is 4.61. The highest BCUT2D eigenvalue weighted by atomic mass is 16.3. The maximum absolute atomic E-state index is 13.2. The molecule has 5 rings (SSSR count). The molecule has 3 aliphatic carbocycles. The maximum atomic E-state index is 13.2. The molecule has 1 saturated carbocycles. The molecule has 148 valence electrons. The van der Waals surface area contributed by atoms with Crippen molar-refractivity contribution in [2.75, 3.05) is 0 Å². The number of hydrogen-bond acceptors (Lipinski definition) is 4. The Kier molecular flexibility index (Phi) is 4.24. The van der Waals surface area contributed by atoms with Crippen molar-refractivity contribution in [2.24, 2.45) is 10.9 Å². The summed E-state index contributed by atoms with van der Waals surface area (Å²) in [4.78, 5) is 17.6. The van der Waals surface area contributed by atoms with Crippen molar-refractivity contribution in [3.63, 3.8) is 0 Å². The summed E-state index contributed by atoms with van der Waals surface area (Å²) in [6.45, 7) is 5.77. The second kappa shape index (κ2) is 6.81. The lowest BCUT2D eigenvalue weighted by Gasteiger charge is -2.17. The number of aliphatic imine (C=N–C) groups is 1. The first kappa shape index (κ1) is 18.1. The van der Waals surface area contributed by atoms with Crippen molar-refractivity contribution in [1.29, 1.82) is 0 Å². The first-order valence-corrected chi connectivity index (χ1v) is 10.1. The van der Waals surface area contributed by atoms with Gasteiger partial charge in [-0.2, -0.15) is 5.10 Å². The van der Waals surface area contributed by atoms with E-state index in [0.717, 1.165) is 35.2 Å². The molecule has 0 unspecified atom stereocenters. The number of fused-ring (bicyclic) bond motifs is 4. The third kappa shape index (κ3) is 2.86. The Balaban J connectivity index is 1.49. The van der Waals surface area contributed by atoms with Gasteiger partial charge in [0.15, 0.2) is 11.5 Å².